The molecule has 0 aliphatic carbocycles. The molecule has 26 heavy (non-hydrogen) atoms. The Balaban J connectivity index is 2.14. The molecule has 0 aliphatic heterocycles. The van der Waals surface area contributed by atoms with Gasteiger partial charge in [-0.1, -0.05) is 19.9 Å². The lowest BCUT2D eigenvalue weighted by atomic mass is 10.2. The largest absolute Gasteiger partial charge is 0.341 e. The molecule has 1 aromatic carbocycles. The lowest BCUT2D eigenvalue weighted by molar-refractivity contribution is -0.114. The lowest BCUT2D eigenvalue weighted by Gasteiger charge is -2.21. The molecule has 7 nitrogen and oxygen atoms in total. The summed E-state index contributed by atoms with van der Waals surface area (Å²) in [7, 11) is 0. The topological polar surface area (TPSA) is 87.2 Å². The summed E-state index contributed by atoms with van der Waals surface area (Å²) >= 11 is 0. The molecule has 2 N–H and O–H groups in total. The third kappa shape index (κ3) is 5.54. The molecule has 0 atom stereocenters. The van der Waals surface area contributed by atoms with Crippen LogP contribution < -0.4 is 15.5 Å². The minimum atomic E-state index is -0.318. The summed E-state index contributed by atoms with van der Waals surface area (Å²) in [5.41, 5.74) is 1.51. The number of benzene rings is 1. The highest BCUT2D eigenvalue weighted by Crippen LogP contribution is 2.16. The zero-order chi connectivity index (χ0) is 18.9. The van der Waals surface area contributed by atoms with E-state index in [-0.39, 0.29) is 11.8 Å². The Morgan fingerprint density at radius 1 is 1.04 bits per heavy atom. The van der Waals surface area contributed by atoms with Crippen molar-refractivity contribution in [3.63, 3.8) is 0 Å². The zero-order valence-corrected chi connectivity index (χ0v) is 15.5. The third-order valence-corrected chi connectivity index (χ3v) is 3.59. The van der Waals surface area contributed by atoms with Crippen LogP contribution in [0.15, 0.2) is 36.5 Å². The molecule has 0 fully saturated rings. The third-order valence-electron chi connectivity index (χ3n) is 3.59. The molecular formula is C19H25N5O2. The van der Waals surface area contributed by atoms with Gasteiger partial charge in [-0.05, 0) is 37.1 Å². The van der Waals surface area contributed by atoms with E-state index >= 15 is 0 Å². The maximum Gasteiger partial charge on any atom is 0.274 e. The Morgan fingerprint density at radius 2 is 1.69 bits per heavy atom. The van der Waals surface area contributed by atoms with Crippen LogP contribution >= 0.6 is 0 Å². The van der Waals surface area contributed by atoms with Crippen molar-refractivity contribution in [2.45, 2.75) is 33.6 Å². The van der Waals surface area contributed by atoms with Gasteiger partial charge in [-0.15, -0.1) is 0 Å². The normalized spacial score (nSPS) is 10.3. The van der Waals surface area contributed by atoms with Crippen molar-refractivity contribution in [3.05, 3.63) is 42.2 Å². The molecule has 2 rings (SSSR count). The minimum absolute atomic E-state index is 0.166. The van der Waals surface area contributed by atoms with Gasteiger partial charge >= 0.3 is 0 Å². The molecule has 0 radical (unpaired) electrons. The number of nitrogens with zero attached hydrogens (tertiary/aromatic N) is 3. The van der Waals surface area contributed by atoms with Gasteiger partial charge in [0.15, 0.2) is 0 Å². The van der Waals surface area contributed by atoms with Gasteiger partial charge in [0.1, 0.15) is 5.69 Å². The number of carbonyl (C=O) groups excluding carboxylic acids is 2. The van der Waals surface area contributed by atoms with E-state index in [9.17, 15) is 9.59 Å². The molecule has 0 bridgehead atoms. The summed E-state index contributed by atoms with van der Waals surface area (Å²) in [4.78, 5) is 34.5. The van der Waals surface area contributed by atoms with Crippen LogP contribution in [-0.2, 0) is 4.79 Å². The summed E-state index contributed by atoms with van der Waals surface area (Å²) in [5.74, 6) is 0.0794. The molecule has 0 spiro atoms. The van der Waals surface area contributed by atoms with E-state index in [2.05, 4.69) is 39.3 Å². The van der Waals surface area contributed by atoms with Crippen LogP contribution in [0.1, 0.15) is 44.1 Å². The van der Waals surface area contributed by atoms with Crippen molar-refractivity contribution in [1.82, 2.24) is 9.97 Å². The average Bonchev–Trinajstić information content (AvgIpc) is 2.61. The number of carbonyl (C=O) groups is 2. The van der Waals surface area contributed by atoms with Gasteiger partial charge in [0, 0.05) is 37.6 Å². The fraction of sp³-hybridized carbons (Fsp3) is 0.368. The van der Waals surface area contributed by atoms with E-state index in [1.807, 2.05) is 0 Å². The van der Waals surface area contributed by atoms with Crippen LogP contribution in [0.3, 0.4) is 0 Å². The average molecular weight is 355 g/mol. The van der Waals surface area contributed by atoms with Gasteiger partial charge in [0.05, 0.1) is 0 Å². The smallest absolute Gasteiger partial charge is 0.274 e. The van der Waals surface area contributed by atoms with E-state index in [1.54, 1.807) is 36.5 Å². The molecule has 1 heterocycles. The molecular weight excluding hydrogens is 330 g/mol. The number of nitrogens with one attached hydrogen (secondary N) is 2. The summed E-state index contributed by atoms with van der Waals surface area (Å²) in [6.45, 7) is 7.32. The first-order valence-electron chi connectivity index (χ1n) is 8.80. The molecule has 0 saturated heterocycles. The zero-order valence-electron chi connectivity index (χ0n) is 15.5. The molecule has 138 valence electrons. The molecule has 2 amide bonds. The van der Waals surface area contributed by atoms with Gasteiger partial charge < -0.3 is 15.5 Å². The quantitative estimate of drug-likeness (QED) is 0.758. The molecule has 7 heteroatoms. The van der Waals surface area contributed by atoms with Gasteiger partial charge in [0.25, 0.3) is 5.91 Å². The summed E-state index contributed by atoms with van der Waals surface area (Å²) in [5, 5.41) is 5.49. The van der Waals surface area contributed by atoms with E-state index in [1.165, 1.54) is 6.92 Å². The lowest BCUT2D eigenvalue weighted by Crippen LogP contribution is -2.27. The second-order valence-electron chi connectivity index (χ2n) is 5.95. The molecule has 0 unspecified atom stereocenters. The monoisotopic (exact) mass is 355 g/mol. The summed E-state index contributed by atoms with van der Waals surface area (Å²) in [6.07, 6.45) is 3.56. The van der Waals surface area contributed by atoms with Crippen molar-refractivity contribution < 1.29 is 9.59 Å². The van der Waals surface area contributed by atoms with Crippen molar-refractivity contribution in [3.8, 4) is 0 Å². The maximum absolute atomic E-state index is 12.5. The SMILES string of the molecule is CCCN(CCC)c1nccc(C(=O)Nc2cccc(NC(C)=O)c2)n1. The fourth-order valence-electron chi connectivity index (χ4n) is 2.55. The second-order valence-corrected chi connectivity index (χ2v) is 5.95. The summed E-state index contributed by atoms with van der Waals surface area (Å²) < 4.78 is 0. The van der Waals surface area contributed by atoms with Crippen LogP contribution in [0.2, 0.25) is 0 Å². The van der Waals surface area contributed by atoms with Crippen LogP contribution in [0.25, 0.3) is 0 Å². The standard InChI is InChI=1S/C19H25N5O2/c1-4-11-24(12-5-2)19-20-10-9-17(23-19)18(26)22-16-8-6-7-15(13-16)21-14(3)25/h6-10,13H,4-5,11-12H2,1-3H3,(H,21,25)(H,22,26). The van der Waals surface area contributed by atoms with Gasteiger partial charge in [-0.25, -0.2) is 9.97 Å². The Hall–Kier alpha value is -2.96. The Kier molecular flexibility index (Phi) is 7.08. The molecule has 1 aromatic heterocycles. The number of hydrogen-bond donors (Lipinski definition) is 2. The Bertz CT molecular complexity index is 757. The van der Waals surface area contributed by atoms with Crippen LogP contribution in [0.5, 0.6) is 0 Å². The highest BCUT2D eigenvalue weighted by Gasteiger charge is 2.13. The highest BCUT2D eigenvalue weighted by molar-refractivity contribution is 6.03. The van der Waals surface area contributed by atoms with Gasteiger partial charge in [0.2, 0.25) is 11.9 Å². The number of rotatable bonds is 8. The first-order chi connectivity index (χ1) is 12.5. The highest BCUT2D eigenvalue weighted by atomic mass is 16.2. The van der Waals surface area contributed by atoms with Crippen LogP contribution in [0, 0.1) is 0 Å². The Labute approximate surface area is 153 Å². The number of hydrogen-bond acceptors (Lipinski definition) is 5. The van der Waals surface area contributed by atoms with Crippen LogP contribution in [0.4, 0.5) is 17.3 Å². The minimum Gasteiger partial charge on any atom is -0.341 e. The second kappa shape index (κ2) is 9.50. The predicted molar refractivity (Wildman–Crippen MR) is 104 cm³/mol. The van der Waals surface area contributed by atoms with E-state index in [0.29, 0.717) is 23.0 Å². The van der Waals surface area contributed by atoms with E-state index in [0.717, 1.165) is 25.9 Å². The molecule has 2 aromatic rings. The van der Waals surface area contributed by atoms with Crippen molar-refractivity contribution in [1.29, 1.82) is 0 Å². The van der Waals surface area contributed by atoms with E-state index < -0.39 is 0 Å². The van der Waals surface area contributed by atoms with E-state index in [4.69, 9.17) is 0 Å². The van der Waals surface area contributed by atoms with Crippen molar-refractivity contribution >= 4 is 29.1 Å². The van der Waals surface area contributed by atoms with Crippen molar-refractivity contribution in [2.75, 3.05) is 28.6 Å². The predicted octanol–water partition coefficient (Wildman–Crippen LogP) is 3.31. The number of amides is 2. The molecule has 0 saturated carbocycles. The first kappa shape index (κ1) is 19.4. The first-order valence-corrected chi connectivity index (χ1v) is 8.80. The maximum atomic E-state index is 12.5. The van der Waals surface area contributed by atoms with Crippen molar-refractivity contribution in [2.24, 2.45) is 0 Å². The molecule has 0 aliphatic rings. The Morgan fingerprint density at radius 3 is 2.31 bits per heavy atom. The fourth-order valence-corrected chi connectivity index (χ4v) is 2.55. The number of aromatic nitrogens is 2. The van der Waals surface area contributed by atoms with Gasteiger partial charge in [-0.2, -0.15) is 0 Å². The van der Waals surface area contributed by atoms with Gasteiger partial charge in [-0.3, -0.25) is 9.59 Å². The number of anilines is 3. The van der Waals surface area contributed by atoms with Crippen LogP contribution in [-0.4, -0.2) is 34.9 Å². The summed E-state index contributed by atoms with van der Waals surface area (Å²) in [6, 6.07) is 8.56.